The molecule has 0 aromatic heterocycles. The Hall–Kier alpha value is -3.07. The zero-order valence-corrected chi connectivity index (χ0v) is 22.9. The number of anilines is 2. The van der Waals surface area contributed by atoms with Gasteiger partial charge in [0.25, 0.3) is 5.91 Å². The maximum Gasteiger partial charge on any atom is 0.259 e. The topological polar surface area (TPSA) is 66.0 Å². The number of benzene rings is 3. The van der Waals surface area contributed by atoms with E-state index in [9.17, 15) is 4.79 Å². The number of hydrogen-bond acceptors (Lipinski definition) is 5. The number of ether oxygens (including phenoxy) is 1. The molecule has 0 atom stereocenters. The van der Waals surface area contributed by atoms with E-state index in [4.69, 9.17) is 4.74 Å². The number of hydrogen-bond donors (Lipinski definition) is 2. The van der Waals surface area contributed by atoms with Gasteiger partial charge in [-0.2, -0.15) is 5.10 Å². The summed E-state index contributed by atoms with van der Waals surface area (Å²) in [6.07, 6.45) is 1.63. The third-order valence-electron chi connectivity index (χ3n) is 5.79. The van der Waals surface area contributed by atoms with Crippen molar-refractivity contribution in [2.24, 2.45) is 5.10 Å². The Kier molecular flexibility index (Phi) is 9.96. The number of hydrazone groups is 1. The van der Waals surface area contributed by atoms with Crippen molar-refractivity contribution in [1.29, 1.82) is 0 Å². The summed E-state index contributed by atoms with van der Waals surface area (Å²) < 4.78 is 7.37. The highest BCUT2D eigenvalue weighted by Gasteiger charge is 2.09. The Labute approximate surface area is 221 Å². The lowest BCUT2D eigenvalue weighted by atomic mass is 10.1. The number of carbonyl (C=O) groups is 1. The highest BCUT2D eigenvalue weighted by molar-refractivity contribution is 14.1. The van der Waals surface area contributed by atoms with Crippen molar-refractivity contribution in [2.75, 3.05) is 29.9 Å². The Morgan fingerprint density at radius 1 is 1.00 bits per heavy atom. The second kappa shape index (κ2) is 13.1. The molecule has 0 bridgehead atoms. The van der Waals surface area contributed by atoms with Crippen LogP contribution in [0.4, 0.5) is 11.4 Å². The first-order chi connectivity index (χ1) is 16.9. The van der Waals surface area contributed by atoms with Gasteiger partial charge in [0, 0.05) is 39.7 Å². The van der Waals surface area contributed by atoms with Crippen molar-refractivity contribution in [2.45, 2.75) is 34.3 Å². The summed E-state index contributed by atoms with van der Waals surface area (Å²) >= 11 is 2.29. The Morgan fingerprint density at radius 2 is 1.74 bits per heavy atom. The highest BCUT2D eigenvalue weighted by atomic mass is 127. The summed E-state index contributed by atoms with van der Waals surface area (Å²) in [6, 6.07) is 20.3. The molecule has 3 rings (SSSR count). The fourth-order valence-electron chi connectivity index (χ4n) is 3.53. The molecule has 184 valence electrons. The van der Waals surface area contributed by atoms with E-state index in [0.717, 1.165) is 41.3 Å². The first-order valence-corrected chi connectivity index (χ1v) is 12.9. The number of nitrogens with one attached hydrogen (secondary N) is 2. The quantitative estimate of drug-likeness (QED) is 0.168. The molecular weight excluding hydrogens is 551 g/mol. The van der Waals surface area contributed by atoms with E-state index >= 15 is 0 Å². The molecule has 0 radical (unpaired) electrons. The van der Waals surface area contributed by atoms with Crippen molar-refractivity contribution in [3.8, 4) is 5.75 Å². The third kappa shape index (κ3) is 7.99. The summed E-state index contributed by atoms with van der Waals surface area (Å²) in [4.78, 5) is 14.5. The van der Waals surface area contributed by atoms with Crippen LogP contribution in [0.1, 0.15) is 36.1 Å². The average Bonchev–Trinajstić information content (AvgIpc) is 2.86. The smallest absolute Gasteiger partial charge is 0.259 e. The molecule has 3 aromatic rings. The summed E-state index contributed by atoms with van der Waals surface area (Å²) in [5.74, 6) is 0.500. The Morgan fingerprint density at radius 3 is 2.43 bits per heavy atom. The monoisotopic (exact) mass is 584 g/mol. The fourth-order valence-corrected chi connectivity index (χ4v) is 3.89. The molecule has 35 heavy (non-hydrogen) atoms. The van der Waals surface area contributed by atoms with Crippen LogP contribution in [0.2, 0.25) is 0 Å². The molecule has 0 aliphatic rings. The second-order valence-electron chi connectivity index (χ2n) is 8.26. The lowest BCUT2D eigenvalue weighted by Crippen LogP contribution is -2.26. The Balaban J connectivity index is 1.66. The van der Waals surface area contributed by atoms with E-state index in [1.807, 2.05) is 30.3 Å². The zero-order chi connectivity index (χ0) is 25.2. The Bertz CT molecular complexity index is 1160. The van der Waals surface area contributed by atoms with Gasteiger partial charge >= 0.3 is 0 Å². The van der Waals surface area contributed by atoms with Crippen LogP contribution in [0.15, 0.2) is 65.8 Å². The van der Waals surface area contributed by atoms with E-state index in [0.29, 0.717) is 6.61 Å². The van der Waals surface area contributed by atoms with Crippen LogP contribution in [0, 0.1) is 17.4 Å². The molecule has 0 spiro atoms. The van der Waals surface area contributed by atoms with Gasteiger partial charge in [-0.15, -0.1) is 0 Å². The summed E-state index contributed by atoms with van der Waals surface area (Å²) in [6.45, 7) is 10.8. The van der Waals surface area contributed by atoms with E-state index < -0.39 is 0 Å². The van der Waals surface area contributed by atoms with Gasteiger partial charge in [0.2, 0.25) is 0 Å². The summed E-state index contributed by atoms with van der Waals surface area (Å²) in [5.41, 5.74) is 8.88. The van der Waals surface area contributed by atoms with E-state index in [-0.39, 0.29) is 12.5 Å². The van der Waals surface area contributed by atoms with Gasteiger partial charge in [-0.3, -0.25) is 4.79 Å². The van der Waals surface area contributed by atoms with Crippen molar-refractivity contribution in [3.63, 3.8) is 0 Å². The first-order valence-electron chi connectivity index (χ1n) is 11.8. The van der Waals surface area contributed by atoms with Crippen molar-refractivity contribution in [1.82, 2.24) is 5.43 Å². The molecule has 2 N–H and O–H groups in total. The average molecular weight is 585 g/mol. The van der Waals surface area contributed by atoms with Crippen LogP contribution in [0.5, 0.6) is 5.75 Å². The molecular formula is C28H33IN4O2. The number of carbonyl (C=O) groups excluding carboxylic acids is 1. The van der Waals surface area contributed by atoms with Gasteiger partial charge in [0.1, 0.15) is 12.4 Å². The van der Waals surface area contributed by atoms with Gasteiger partial charge in [-0.1, -0.05) is 18.2 Å². The molecule has 0 saturated heterocycles. The lowest BCUT2D eigenvalue weighted by Gasteiger charge is -2.22. The third-order valence-corrected chi connectivity index (χ3v) is 6.51. The molecule has 0 unspecified atom stereocenters. The standard InChI is InChI=1S/C28H33IN4O2/c1-5-33(6-2)26-14-10-23(27(16-26)35-19-22-8-11-24(29)12-9-22)17-31-32-28(34)18-30-25-13-7-20(3)21(4)15-25/h7-17,30H,5-6,18-19H2,1-4H3,(H,32,34)/b31-17+. The number of amides is 1. The molecule has 0 heterocycles. The van der Waals surface area contributed by atoms with Crippen LogP contribution >= 0.6 is 22.6 Å². The lowest BCUT2D eigenvalue weighted by molar-refractivity contribution is -0.119. The van der Waals surface area contributed by atoms with Gasteiger partial charge in [0.15, 0.2) is 0 Å². The predicted octanol–water partition coefficient (Wildman–Crippen LogP) is 5.90. The van der Waals surface area contributed by atoms with Gasteiger partial charge < -0.3 is 15.0 Å². The maximum atomic E-state index is 12.3. The number of aryl methyl sites for hydroxylation is 2. The molecule has 1 amide bonds. The number of nitrogens with zero attached hydrogens (tertiary/aromatic N) is 2. The van der Waals surface area contributed by atoms with E-state index in [1.54, 1.807) is 6.21 Å². The molecule has 0 aliphatic carbocycles. The minimum Gasteiger partial charge on any atom is -0.488 e. The molecule has 0 aliphatic heterocycles. The zero-order valence-electron chi connectivity index (χ0n) is 20.8. The fraction of sp³-hybridized carbons (Fsp3) is 0.286. The maximum absolute atomic E-state index is 12.3. The summed E-state index contributed by atoms with van der Waals surface area (Å²) in [5, 5.41) is 7.30. The molecule has 0 saturated carbocycles. The van der Waals surface area contributed by atoms with Crippen LogP contribution in [-0.2, 0) is 11.4 Å². The largest absolute Gasteiger partial charge is 0.488 e. The highest BCUT2D eigenvalue weighted by Crippen LogP contribution is 2.26. The first kappa shape index (κ1) is 26.5. The van der Waals surface area contributed by atoms with Gasteiger partial charge in [-0.05, 0) is 103 Å². The van der Waals surface area contributed by atoms with Gasteiger partial charge in [-0.25, -0.2) is 5.43 Å². The SMILES string of the molecule is CCN(CC)c1ccc(/C=N/NC(=O)CNc2ccc(C)c(C)c2)c(OCc2ccc(I)cc2)c1. The van der Waals surface area contributed by atoms with Crippen LogP contribution < -0.4 is 20.4 Å². The molecule has 7 heteroatoms. The van der Waals surface area contributed by atoms with Crippen LogP contribution in [-0.4, -0.2) is 31.8 Å². The van der Waals surface area contributed by atoms with Crippen molar-refractivity contribution in [3.05, 3.63) is 86.5 Å². The molecule has 6 nitrogen and oxygen atoms in total. The van der Waals surface area contributed by atoms with Gasteiger partial charge in [0.05, 0.1) is 12.8 Å². The molecule has 0 fully saturated rings. The number of rotatable bonds is 11. The van der Waals surface area contributed by atoms with E-state index in [1.165, 1.54) is 14.7 Å². The van der Waals surface area contributed by atoms with Crippen LogP contribution in [0.3, 0.4) is 0 Å². The van der Waals surface area contributed by atoms with Crippen LogP contribution in [0.25, 0.3) is 0 Å². The van der Waals surface area contributed by atoms with E-state index in [2.05, 4.69) is 101 Å². The van der Waals surface area contributed by atoms with Crippen molar-refractivity contribution < 1.29 is 9.53 Å². The number of halogens is 1. The second-order valence-corrected chi connectivity index (χ2v) is 9.50. The minimum atomic E-state index is -0.222. The van der Waals surface area contributed by atoms with Crippen molar-refractivity contribution >= 4 is 46.1 Å². The molecule has 3 aromatic carbocycles. The predicted molar refractivity (Wildman–Crippen MR) is 154 cm³/mol. The minimum absolute atomic E-state index is 0.136. The summed E-state index contributed by atoms with van der Waals surface area (Å²) in [7, 11) is 0. The normalized spacial score (nSPS) is 10.9.